The van der Waals surface area contributed by atoms with Gasteiger partial charge in [-0.05, 0) is 67.9 Å². The lowest BCUT2D eigenvalue weighted by Gasteiger charge is -2.41. The summed E-state index contributed by atoms with van der Waals surface area (Å²) in [6, 6.07) is 4.95. The highest BCUT2D eigenvalue weighted by Crippen LogP contribution is 2.48. The van der Waals surface area contributed by atoms with E-state index in [-0.39, 0.29) is 23.8 Å². The number of rotatable bonds is 8. The number of carbonyl (C=O) groups excluding carboxylic acids is 2. The number of ether oxygens (including phenoxy) is 3. The van der Waals surface area contributed by atoms with E-state index in [1.165, 1.54) is 11.3 Å². The number of esters is 1. The molecule has 38 heavy (non-hydrogen) atoms. The van der Waals surface area contributed by atoms with Gasteiger partial charge in [0.25, 0.3) is 5.91 Å². The predicted octanol–water partition coefficient (Wildman–Crippen LogP) is 6.35. The van der Waals surface area contributed by atoms with E-state index in [9.17, 15) is 9.59 Å². The summed E-state index contributed by atoms with van der Waals surface area (Å²) >= 11 is 1.45. The Labute approximate surface area is 231 Å². The van der Waals surface area contributed by atoms with Crippen molar-refractivity contribution in [3.05, 3.63) is 57.6 Å². The van der Waals surface area contributed by atoms with Gasteiger partial charge in [-0.15, -0.1) is 11.3 Å². The SMILES string of the molecule is COCC1=C[C@@](CC(C)C)(C(=O)OC(C)(C)C)N(C(=O)c2ccc(C(C)(C)C)c(OC)c2)[C@H]1c1nccs1. The summed E-state index contributed by atoms with van der Waals surface area (Å²) in [5.74, 6) is -0.0355. The standard InChI is InChI=1S/C30H42N2O5S/c1-19(2)16-30(27(34)37-29(6,7)8)17-21(18-35-9)24(25-31-13-14-38-25)32(30)26(33)20-11-12-22(28(3,4)5)23(15-20)36-10/h11-15,17,19,24H,16,18H2,1-10H3/t24-,30+/m1/s1. The highest BCUT2D eigenvalue weighted by Gasteiger charge is 2.56. The molecule has 8 heteroatoms. The van der Waals surface area contributed by atoms with Crippen LogP contribution in [0.25, 0.3) is 0 Å². The van der Waals surface area contributed by atoms with Crippen LogP contribution < -0.4 is 4.74 Å². The first-order valence-electron chi connectivity index (χ1n) is 13.0. The van der Waals surface area contributed by atoms with Crippen molar-refractivity contribution in [3.63, 3.8) is 0 Å². The molecule has 7 nitrogen and oxygen atoms in total. The molecule has 2 heterocycles. The highest BCUT2D eigenvalue weighted by molar-refractivity contribution is 7.09. The Kier molecular flexibility index (Phi) is 8.78. The quantitative estimate of drug-likeness (QED) is 0.286. The fraction of sp³-hybridized carbons (Fsp3) is 0.567. The second-order valence-electron chi connectivity index (χ2n) is 12.3. The van der Waals surface area contributed by atoms with Gasteiger partial charge >= 0.3 is 5.97 Å². The molecule has 3 rings (SSSR count). The number of methoxy groups -OCH3 is 2. The Morgan fingerprint density at radius 3 is 2.32 bits per heavy atom. The number of benzene rings is 1. The summed E-state index contributed by atoms with van der Waals surface area (Å²) in [7, 11) is 3.22. The van der Waals surface area contributed by atoms with Crippen molar-refractivity contribution in [2.24, 2.45) is 5.92 Å². The Morgan fingerprint density at radius 2 is 1.82 bits per heavy atom. The molecule has 0 saturated carbocycles. The lowest BCUT2D eigenvalue weighted by molar-refractivity contribution is -0.166. The average molecular weight is 543 g/mol. The zero-order valence-electron chi connectivity index (χ0n) is 24.4. The van der Waals surface area contributed by atoms with Gasteiger partial charge in [0.1, 0.15) is 22.4 Å². The van der Waals surface area contributed by atoms with E-state index in [2.05, 4.69) is 25.8 Å². The minimum Gasteiger partial charge on any atom is -0.496 e. The van der Waals surface area contributed by atoms with Gasteiger partial charge < -0.3 is 19.1 Å². The summed E-state index contributed by atoms with van der Waals surface area (Å²) < 4.78 is 17.2. The Bertz CT molecular complexity index is 1170. The number of nitrogens with zero attached hydrogens (tertiary/aromatic N) is 2. The first kappa shape index (κ1) is 29.8. The van der Waals surface area contributed by atoms with Crippen LogP contribution in [0.3, 0.4) is 0 Å². The molecule has 0 N–H and O–H groups in total. The van der Waals surface area contributed by atoms with Crippen LogP contribution in [0.1, 0.15) is 88.8 Å². The van der Waals surface area contributed by atoms with Crippen LogP contribution in [0, 0.1) is 5.92 Å². The van der Waals surface area contributed by atoms with Gasteiger partial charge in [0.2, 0.25) is 0 Å². The maximum atomic E-state index is 14.6. The Morgan fingerprint density at radius 1 is 1.13 bits per heavy atom. The van der Waals surface area contributed by atoms with Gasteiger partial charge in [0.05, 0.1) is 13.7 Å². The third-order valence-electron chi connectivity index (χ3n) is 6.41. The summed E-state index contributed by atoms with van der Waals surface area (Å²) in [5.41, 5.74) is -0.00990. The normalized spacial score (nSPS) is 20.0. The van der Waals surface area contributed by atoms with E-state index >= 15 is 0 Å². The summed E-state index contributed by atoms with van der Waals surface area (Å²) in [6.45, 7) is 16.1. The number of amides is 1. The molecule has 208 valence electrons. The van der Waals surface area contributed by atoms with E-state index < -0.39 is 23.2 Å². The van der Waals surface area contributed by atoms with Crippen molar-refractivity contribution >= 4 is 23.2 Å². The first-order valence-corrected chi connectivity index (χ1v) is 13.9. The minimum absolute atomic E-state index is 0.0886. The Hall–Kier alpha value is -2.71. The van der Waals surface area contributed by atoms with E-state index in [4.69, 9.17) is 14.2 Å². The molecular formula is C30H42N2O5S. The van der Waals surface area contributed by atoms with Gasteiger partial charge in [0.15, 0.2) is 5.54 Å². The molecule has 1 aliphatic heterocycles. The molecule has 1 aromatic heterocycles. The lowest BCUT2D eigenvalue weighted by Crippen LogP contribution is -2.56. The molecule has 1 amide bonds. The second kappa shape index (κ2) is 11.2. The summed E-state index contributed by atoms with van der Waals surface area (Å²) in [5, 5.41) is 2.59. The zero-order valence-corrected chi connectivity index (χ0v) is 25.2. The predicted molar refractivity (Wildman–Crippen MR) is 151 cm³/mol. The Balaban J connectivity index is 2.27. The second-order valence-corrected chi connectivity index (χ2v) is 13.2. The van der Waals surface area contributed by atoms with E-state index in [1.807, 2.05) is 58.2 Å². The number of hydrogen-bond acceptors (Lipinski definition) is 7. The number of aromatic nitrogens is 1. The van der Waals surface area contributed by atoms with Crippen molar-refractivity contribution in [2.45, 2.75) is 84.4 Å². The van der Waals surface area contributed by atoms with Crippen molar-refractivity contribution in [1.82, 2.24) is 9.88 Å². The molecular weight excluding hydrogens is 500 g/mol. The molecule has 0 saturated heterocycles. The topological polar surface area (TPSA) is 78.0 Å². The van der Waals surface area contributed by atoms with E-state index in [0.29, 0.717) is 22.7 Å². The lowest BCUT2D eigenvalue weighted by atomic mass is 9.85. The number of carbonyl (C=O) groups is 2. The van der Waals surface area contributed by atoms with Crippen LogP contribution >= 0.6 is 11.3 Å². The molecule has 0 aliphatic carbocycles. The molecule has 2 aromatic rings. The molecule has 0 unspecified atom stereocenters. The maximum Gasteiger partial charge on any atom is 0.336 e. The van der Waals surface area contributed by atoms with E-state index in [0.717, 1.165) is 11.1 Å². The van der Waals surface area contributed by atoms with Gasteiger partial charge in [-0.25, -0.2) is 9.78 Å². The molecule has 0 spiro atoms. The van der Waals surface area contributed by atoms with Crippen LogP contribution in [0.15, 0.2) is 41.4 Å². The van der Waals surface area contributed by atoms with Crippen LogP contribution in [-0.2, 0) is 19.7 Å². The van der Waals surface area contributed by atoms with E-state index in [1.54, 1.807) is 31.4 Å². The van der Waals surface area contributed by atoms with Crippen LogP contribution in [0.2, 0.25) is 0 Å². The molecule has 0 fully saturated rings. The third-order valence-corrected chi connectivity index (χ3v) is 7.23. The van der Waals surface area contributed by atoms with Crippen molar-refractivity contribution < 1.29 is 23.8 Å². The smallest absolute Gasteiger partial charge is 0.336 e. The van der Waals surface area contributed by atoms with Crippen LogP contribution in [0.5, 0.6) is 5.75 Å². The average Bonchev–Trinajstić information content (AvgIpc) is 3.43. The van der Waals surface area contributed by atoms with Gasteiger partial charge in [-0.1, -0.05) is 40.7 Å². The molecule has 0 radical (unpaired) electrons. The molecule has 2 atom stereocenters. The molecule has 1 aliphatic rings. The molecule has 0 bridgehead atoms. The van der Waals surface area contributed by atoms with Gasteiger partial charge in [0, 0.05) is 24.3 Å². The van der Waals surface area contributed by atoms with Crippen molar-refractivity contribution in [1.29, 1.82) is 0 Å². The fourth-order valence-corrected chi connectivity index (χ4v) is 5.81. The van der Waals surface area contributed by atoms with Crippen molar-refractivity contribution in [2.75, 3.05) is 20.8 Å². The summed E-state index contributed by atoms with van der Waals surface area (Å²) in [6.07, 6.45) is 3.99. The first-order chi connectivity index (χ1) is 17.6. The fourth-order valence-electron chi connectivity index (χ4n) is 5.05. The van der Waals surface area contributed by atoms with Gasteiger partial charge in [-0.3, -0.25) is 4.79 Å². The maximum absolute atomic E-state index is 14.6. The summed E-state index contributed by atoms with van der Waals surface area (Å²) in [4.78, 5) is 34.9. The monoisotopic (exact) mass is 542 g/mol. The third kappa shape index (κ3) is 6.12. The largest absolute Gasteiger partial charge is 0.496 e. The van der Waals surface area contributed by atoms with Crippen LogP contribution in [0.4, 0.5) is 0 Å². The van der Waals surface area contributed by atoms with Gasteiger partial charge in [-0.2, -0.15) is 0 Å². The highest BCUT2D eigenvalue weighted by atomic mass is 32.1. The number of hydrogen-bond donors (Lipinski definition) is 0. The molecule has 1 aromatic carbocycles. The zero-order chi connectivity index (χ0) is 28.5. The van der Waals surface area contributed by atoms with Crippen molar-refractivity contribution in [3.8, 4) is 5.75 Å². The number of thiazole rings is 1. The minimum atomic E-state index is -1.33. The van der Waals surface area contributed by atoms with Crippen LogP contribution in [-0.4, -0.2) is 53.7 Å².